The number of carbonyl (C=O) groups is 1. The molecule has 1 unspecified atom stereocenters. The van der Waals surface area contributed by atoms with Gasteiger partial charge in [-0.3, -0.25) is 14.7 Å². The second-order valence-electron chi connectivity index (χ2n) is 2.69. The lowest BCUT2D eigenvalue weighted by Crippen LogP contribution is -2.40. The van der Waals surface area contributed by atoms with Gasteiger partial charge in [-0.25, -0.2) is 4.57 Å². The van der Waals surface area contributed by atoms with E-state index in [-0.39, 0.29) is 5.96 Å². The van der Waals surface area contributed by atoms with Gasteiger partial charge in [0.05, 0.1) is 6.61 Å². The van der Waals surface area contributed by atoms with Crippen LogP contribution in [0.25, 0.3) is 0 Å². The fraction of sp³-hybridized carbons (Fsp3) is 0.667. The molecule has 11 heteroatoms. The van der Waals surface area contributed by atoms with Crippen molar-refractivity contribution in [1.82, 2.24) is 5.32 Å². The molecule has 0 radical (unpaired) electrons. The number of hydrogen-bond donors (Lipinski definition) is 7. The first-order chi connectivity index (χ1) is 7.60. The molecule has 9 N–H and O–H groups in total. The molecular formula is C6H17N4O6P. The van der Waals surface area contributed by atoms with Crippen molar-refractivity contribution < 1.29 is 28.8 Å². The molecule has 0 aliphatic rings. The van der Waals surface area contributed by atoms with Crippen LogP contribution in [0.1, 0.15) is 6.92 Å². The Morgan fingerprint density at radius 3 is 2.18 bits per heavy atom. The Hall–Kier alpha value is -1.19. The molecule has 17 heavy (non-hydrogen) atoms. The summed E-state index contributed by atoms with van der Waals surface area (Å²) >= 11 is 0. The second kappa shape index (κ2) is 8.90. The molecule has 10 nitrogen and oxygen atoms in total. The molecule has 0 bridgehead atoms. The van der Waals surface area contributed by atoms with Crippen molar-refractivity contribution in [2.45, 2.75) is 13.0 Å². The van der Waals surface area contributed by atoms with Crippen LogP contribution in [0.15, 0.2) is 0 Å². The van der Waals surface area contributed by atoms with Gasteiger partial charge in [-0.05, 0) is 6.54 Å². The van der Waals surface area contributed by atoms with Gasteiger partial charge in [0.2, 0.25) is 0 Å². The number of rotatable bonds is 6. The van der Waals surface area contributed by atoms with E-state index in [1.165, 1.54) is 0 Å². The zero-order valence-electron chi connectivity index (χ0n) is 9.16. The van der Waals surface area contributed by atoms with E-state index in [1.54, 1.807) is 6.92 Å². The predicted octanol–water partition coefficient (Wildman–Crippen LogP) is -2.00. The molecule has 0 rings (SSSR count). The van der Waals surface area contributed by atoms with Gasteiger partial charge in [-0.15, -0.1) is 0 Å². The van der Waals surface area contributed by atoms with Gasteiger partial charge in [-0.1, -0.05) is 6.92 Å². The summed E-state index contributed by atoms with van der Waals surface area (Å²) in [6.45, 7) is 1.49. The summed E-state index contributed by atoms with van der Waals surface area (Å²) in [7, 11) is -4.59. The van der Waals surface area contributed by atoms with Crippen LogP contribution in [-0.4, -0.2) is 46.0 Å². The van der Waals surface area contributed by atoms with E-state index in [0.717, 1.165) is 0 Å². The van der Waals surface area contributed by atoms with Crippen LogP contribution >= 0.6 is 7.82 Å². The van der Waals surface area contributed by atoms with Gasteiger partial charge < -0.3 is 31.7 Å². The van der Waals surface area contributed by atoms with Gasteiger partial charge in [0.15, 0.2) is 5.96 Å². The van der Waals surface area contributed by atoms with E-state index < -0.39 is 26.4 Å². The lowest BCUT2D eigenvalue weighted by molar-refractivity contribution is -0.140. The van der Waals surface area contributed by atoms with E-state index in [9.17, 15) is 9.36 Å². The molecule has 0 saturated heterocycles. The van der Waals surface area contributed by atoms with Gasteiger partial charge in [0.1, 0.15) is 6.04 Å². The Bertz CT molecular complexity index is 288. The molecule has 0 aliphatic carbocycles. The first-order valence-corrected chi connectivity index (χ1v) is 5.89. The van der Waals surface area contributed by atoms with Crippen LogP contribution in [0.4, 0.5) is 0 Å². The third kappa shape index (κ3) is 17.4. The van der Waals surface area contributed by atoms with Gasteiger partial charge in [0.25, 0.3) is 0 Å². The van der Waals surface area contributed by atoms with Crippen LogP contribution in [0.3, 0.4) is 0 Å². The highest BCUT2D eigenvalue weighted by atomic mass is 31.2. The fourth-order valence-corrected chi connectivity index (χ4v) is 0.979. The minimum absolute atomic E-state index is 0.333. The van der Waals surface area contributed by atoms with E-state index >= 15 is 0 Å². The maximum absolute atomic E-state index is 10.4. The molecule has 0 fully saturated rings. The lowest BCUT2D eigenvalue weighted by atomic mass is 10.3. The van der Waals surface area contributed by atoms with Crippen LogP contribution in [0.5, 0.6) is 0 Å². The molecule has 0 aromatic heterocycles. The third-order valence-electron chi connectivity index (χ3n) is 1.16. The standard InChI is InChI=1S/C5H12NO6P.CH5N3/c1-2-6-4(5(7)8)3-12-13(9,10)11;2-1(3)4/h4,6H,2-3H2,1H3,(H,7,8)(H2,9,10,11);(H5,2,3,4). The second-order valence-corrected chi connectivity index (χ2v) is 3.93. The fourth-order valence-electron chi connectivity index (χ4n) is 0.636. The highest BCUT2D eigenvalue weighted by Gasteiger charge is 2.22. The summed E-state index contributed by atoms with van der Waals surface area (Å²) in [6.07, 6.45) is 0. The number of hydrogen-bond acceptors (Lipinski definition) is 5. The number of aliphatic carboxylic acids is 1. The summed E-state index contributed by atoms with van der Waals surface area (Å²) < 4.78 is 14.2. The molecule has 0 aromatic rings. The van der Waals surface area contributed by atoms with Crippen molar-refractivity contribution in [2.75, 3.05) is 13.2 Å². The van der Waals surface area contributed by atoms with Crippen LogP contribution in [0.2, 0.25) is 0 Å². The molecule has 1 atom stereocenters. The number of carboxylic acids is 1. The van der Waals surface area contributed by atoms with Crippen molar-refractivity contribution in [3.8, 4) is 0 Å². The van der Waals surface area contributed by atoms with Gasteiger partial charge in [0, 0.05) is 0 Å². The Kier molecular flexibility index (Phi) is 9.52. The maximum atomic E-state index is 10.4. The van der Waals surface area contributed by atoms with Crippen molar-refractivity contribution >= 4 is 19.8 Å². The predicted molar refractivity (Wildman–Crippen MR) is 59.2 cm³/mol. The number of carboxylic acid groups (broad SMARTS) is 1. The number of phosphoric acid groups is 1. The lowest BCUT2D eigenvalue weighted by Gasteiger charge is -2.13. The van der Waals surface area contributed by atoms with Crippen molar-refractivity contribution in [3.05, 3.63) is 0 Å². The average Bonchev–Trinajstić information content (AvgIpc) is 2.09. The number of phosphoric ester groups is 1. The first-order valence-electron chi connectivity index (χ1n) is 4.36. The van der Waals surface area contributed by atoms with Crippen LogP contribution in [0, 0.1) is 5.41 Å². The Morgan fingerprint density at radius 2 is 1.94 bits per heavy atom. The molecule has 0 heterocycles. The topological polar surface area (TPSA) is 192 Å². The zero-order chi connectivity index (χ0) is 14.1. The van der Waals surface area contributed by atoms with E-state index in [1.807, 2.05) is 0 Å². The minimum Gasteiger partial charge on any atom is -0.480 e. The van der Waals surface area contributed by atoms with E-state index in [2.05, 4.69) is 21.3 Å². The number of nitrogens with one attached hydrogen (secondary N) is 2. The molecule has 0 aromatic carbocycles. The number of likely N-dealkylation sites (N-methyl/N-ethyl adjacent to an activating group) is 1. The number of guanidine groups is 1. The monoisotopic (exact) mass is 272 g/mol. The molecule has 0 amide bonds. The summed E-state index contributed by atoms with van der Waals surface area (Å²) in [5.74, 6) is -1.55. The third-order valence-corrected chi connectivity index (χ3v) is 1.64. The Labute approximate surface area is 97.7 Å². The zero-order valence-corrected chi connectivity index (χ0v) is 10.1. The van der Waals surface area contributed by atoms with Crippen LogP contribution in [-0.2, 0) is 13.9 Å². The quantitative estimate of drug-likeness (QED) is 0.162. The SMILES string of the molecule is CCNC(COP(=O)(O)O)C(=O)O.N=C(N)N. The molecule has 0 saturated carbocycles. The van der Waals surface area contributed by atoms with Gasteiger partial charge >= 0.3 is 13.8 Å². The summed E-state index contributed by atoms with van der Waals surface area (Å²) in [4.78, 5) is 27.0. The summed E-state index contributed by atoms with van der Waals surface area (Å²) in [5.41, 5.74) is 8.94. The normalized spacial score (nSPS) is 12.2. The van der Waals surface area contributed by atoms with Gasteiger partial charge in [-0.2, -0.15) is 0 Å². The molecule has 0 aliphatic heterocycles. The van der Waals surface area contributed by atoms with Crippen molar-refractivity contribution in [2.24, 2.45) is 11.5 Å². The van der Waals surface area contributed by atoms with E-state index in [0.29, 0.717) is 6.54 Å². The van der Waals surface area contributed by atoms with Crippen molar-refractivity contribution in [3.63, 3.8) is 0 Å². The Balaban J connectivity index is 0. The molecule has 0 spiro atoms. The van der Waals surface area contributed by atoms with Crippen molar-refractivity contribution in [1.29, 1.82) is 5.41 Å². The van der Waals surface area contributed by atoms with E-state index in [4.69, 9.17) is 20.3 Å². The molecule has 102 valence electrons. The first kappa shape index (κ1) is 18.2. The number of nitrogens with two attached hydrogens (primary N) is 2. The average molecular weight is 272 g/mol. The highest BCUT2D eigenvalue weighted by molar-refractivity contribution is 7.46. The molecular weight excluding hydrogens is 255 g/mol. The highest BCUT2D eigenvalue weighted by Crippen LogP contribution is 2.35. The summed E-state index contributed by atoms with van der Waals surface area (Å²) in [5, 5.41) is 17.0. The Morgan fingerprint density at radius 1 is 1.53 bits per heavy atom. The smallest absolute Gasteiger partial charge is 0.469 e. The minimum atomic E-state index is -4.59. The maximum Gasteiger partial charge on any atom is 0.469 e. The summed E-state index contributed by atoms with van der Waals surface area (Å²) in [6, 6.07) is -1.10. The van der Waals surface area contributed by atoms with Crippen LogP contribution < -0.4 is 16.8 Å². The largest absolute Gasteiger partial charge is 0.480 e.